The molecule has 0 saturated carbocycles. The molecule has 34 heavy (non-hydrogen) atoms. The van der Waals surface area contributed by atoms with E-state index >= 15 is 0 Å². The van der Waals surface area contributed by atoms with Crippen LogP contribution < -0.4 is 85.5 Å². The van der Waals surface area contributed by atoms with Crippen LogP contribution in [-0.4, -0.2) is 16.6 Å². The summed E-state index contributed by atoms with van der Waals surface area (Å²) in [5.74, 6) is -1.95. The molecule has 0 saturated heterocycles. The average molecular weight is 479 g/mol. The van der Waals surface area contributed by atoms with Gasteiger partial charge in [0.05, 0.1) is 6.04 Å². The van der Waals surface area contributed by atoms with Gasteiger partial charge in [0.15, 0.2) is 0 Å². The fourth-order valence-electron chi connectivity index (χ4n) is 3.40. The molecule has 0 fully saturated rings. The third kappa shape index (κ3) is 7.46. The number of hydrogen-bond acceptors (Lipinski definition) is 5. The number of aliphatic carboxylic acids is 1. The van der Waals surface area contributed by atoms with Crippen LogP contribution in [0.15, 0.2) is 59.5 Å². The van der Waals surface area contributed by atoms with E-state index in [0.29, 0.717) is 11.1 Å². The maximum atomic E-state index is 12.6. The summed E-state index contributed by atoms with van der Waals surface area (Å²) in [5, 5.41) is 28.4. The summed E-state index contributed by atoms with van der Waals surface area (Å²) >= 11 is 0. The van der Waals surface area contributed by atoms with Gasteiger partial charge >= 0.3 is 65.1 Å². The van der Waals surface area contributed by atoms with E-state index in [9.17, 15) is 24.6 Å². The summed E-state index contributed by atoms with van der Waals surface area (Å²) in [7, 11) is 1.47. The Balaban J connectivity index is 0.00000289. The number of nitrogens with zero attached hydrogens (tertiary/aromatic N) is 1. The minimum absolute atomic E-state index is 0. The molecule has 3 aromatic rings. The second-order valence-electron chi connectivity index (χ2n) is 7.65. The number of pyridine rings is 1. The van der Waals surface area contributed by atoms with E-state index in [1.54, 1.807) is 18.2 Å². The van der Waals surface area contributed by atoms with Gasteiger partial charge in [-0.2, -0.15) is 0 Å². The van der Waals surface area contributed by atoms with E-state index in [0.717, 1.165) is 16.7 Å². The molecule has 0 radical (unpaired) electrons. The van der Waals surface area contributed by atoms with Gasteiger partial charge in [0, 0.05) is 25.6 Å². The summed E-state index contributed by atoms with van der Waals surface area (Å²) in [6.07, 6.45) is 0.893. The van der Waals surface area contributed by atoms with E-state index in [4.69, 9.17) is 0 Å². The molecule has 0 aliphatic heterocycles. The molecule has 166 valence electrons. The Morgan fingerprint density at radius 3 is 2.29 bits per heavy atom. The first-order chi connectivity index (χ1) is 15.2. The number of benzene rings is 2. The maximum absolute atomic E-state index is 12.6. The molecule has 1 aromatic heterocycles. The van der Waals surface area contributed by atoms with Gasteiger partial charge in [-0.1, -0.05) is 53.8 Å². The number of carbonyl (C=O) groups excluding carboxylic acids is 2. The van der Waals surface area contributed by atoms with Crippen molar-refractivity contribution < 1.29 is 78.9 Å². The molecule has 0 unspecified atom stereocenters. The molecule has 2 amide bonds. The van der Waals surface area contributed by atoms with Crippen molar-refractivity contribution in [2.45, 2.75) is 26.3 Å². The van der Waals surface area contributed by atoms with Crippen LogP contribution >= 0.6 is 0 Å². The summed E-state index contributed by atoms with van der Waals surface area (Å²) < 4.78 is 1.19. The molecular weight excluding hydrogens is 456 g/mol. The van der Waals surface area contributed by atoms with Gasteiger partial charge < -0.3 is 30.2 Å². The summed E-state index contributed by atoms with van der Waals surface area (Å²) in [6.45, 7) is 3.51. The Hall–Kier alpha value is -2.07. The minimum Gasteiger partial charge on any atom is -0.871 e. The smallest absolute Gasteiger partial charge is 0.871 e. The van der Waals surface area contributed by atoms with Gasteiger partial charge in [-0.25, -0.2) is 4.79 Å². The van der Waals surface area contributed by atoms with E-state index in [1.807, 2.05) is 37.3 Å². The van der Waals surface area contributed by atoms with Crippen LogP contribution in [0.25, 0.3) is 11.1 Å². The molecule has 0 aliphatic rings. The summed E-state index contributed by atoms with van der Waals surface area (Å²) in [4.78, 5) is 36.2. The van der Waals surface area contributed by atoms with Gasteiger partial charge in [0.2, 0.25) is 0 Å². The maximum Gasteiger partial charge on any atom is 1.00 e. The molecular formula is C24H23N3Na2O5. The Labute approximate surface area is 242 Å². The first-order valence-corrected chi connectivity index (χ1v) is 9.97. The zero-order valence-corrected chi connectivity index (χ0v) is 24.0. The molecule has 3 rings (SSSR count). The summed E-state index contributed by atoms with van der Waals surface area (Å²) in [5.41, 5.74) is 2.68. The normalized spacial score (nSPS) is 10.9. The van der Waals surface area contributed by atoms with Crippen molar-refractivity contribution in [1.29, 1.82) is 0 Å². The number of rotatable bonds is 6. The molecule has 10 heteroatoms. The second-order valence-corrected chi connectivity index (χ2v) is 7.65. The zero-order chi connectivity index (χ0) is 23.4. The Morgan fingerprint density at radius 2 is 1.68 bits per heavy atom. The van der Waals surface area contributed by atoms with Crippen molar-refractivity contribution in [3.05, 3.63) is 81.8 Å². The van der Waals surface area contributed by atoms with Gasteiger partial charge in [-0.3, -0.25) is 4.79 Å². The second kappa shape index (κ2) is 13.1. The third-order valence-electron chi connectivity index (χ3n) is 5.10. The zero-order valence-electron chi connectivity index (χ0n) is 20.0. The van der Waals surface area contributed by atoms with Crippen molar-refractivity contribution in [2.24, 2.45) is 7.05 Å². The van der Waals surface area contributed by atoms with Crippen LogP contribution in [0.1, 0.15) is 29.2 Å². The molecule has 0 aliphatic carbocycles. The largest absolute Gasteiger partial charge is 1.00 e. The fourth-order valence-corrected chi connectivity index (χ4v) is 3.40. The molecule has 2 aromatic carbocycles. The molecule has 0 spiro atoms. The number of carboxylic acids is 1. The number of aromatic nitrogens is 1. The third-order valence-corrected chi connectivity index (χ3v) is 5.10. The Bertz CT molecular complexity index is 1230. The van der Waals surface area contributed by atoms with Crippen LogP contribution in [0.3, 0.4) is 0 Å². The van der Waals surface area contributed by atoms with Gasteiger partial charge in [0.1, 0.15) is 5.69 Å². The monoisotopic (exact) mass is 479 g/mol. The van der Waals surface area contributed by atoms with Crippen molar-refractivity contribution in [3.8, 4) is 16.9 Å². The first-order valence-electron chi connectivity index (χ1n) is 9.97. The number of anilines is 1. The number of urea groups is 1. The molecule has 1 atom stereocenters. The van der Waals surface area contributed by atoms with E-state index in [-0.39, 0.29) is 59.1 Å². The molecule has 0 bridgehead atoms. The van der Waals surface area contributed by atoms with Crippen molar-refractivity contribution in [2.75, 3.05) is 5.32 Å². The van der Waals surface area contributed by atoms with Crippen LogP contribution in [0.2, 0.25) is 0 Å². The van der Waals surface area contributed by atoms with Gasteiger partial charge in [-0.05, 0) is 42.2 Å². The number of hydrogen-bond donors (Lipinski definition) is 2. The Morgan fingerprint density at radius 1 is 1.03 bits per heavy atom. The van der Waals surface area contributed by atoms with Crippen LogP contribution in [0.5, 0.6) is 5.75 Å². The Kier molecular flexibility index (Phi) is 11.6. The molecule has 1 heterocycles. The van der Waals surface area contributed by atoms with Crippen LogP contribution in [0, 0.1) is 13.8 Å². The van der Waals surface area contributed by atoms with Crippen molar-refractivity contribution in [3.63, 3.8) is 0 Å². The fraction of sp³-hybridized carbons (Fsp3) is 0.208. The van der Waals surface area contributed by atoms with E-state index in [2.05, 4.69) is 10.6 Å². The topological polar surface area (TPSA) is 126 Å². The molecule has 2 N–H and O–H groups in total. The van der Waals surface area contributed by atoms with Crippen LogP contribution in [0.4, 0.5) is 10.5 Å². The molecule has 8 nitrogen and oxygen atoms in total. The van der Waals surface area contributed by atoms with Crippen molar-refractivity contribution in [1.82, 2.24) is 9.88 Å². The summed E-state index contributed by atoms with van der Waals surface area (Å²) in [6, 6.07) is 13.1. The van der Waals surface area contributed by atoms with E-state index < -0.39 is 41.5 Å². The van der Waals surface area contributed by atoms with Gasteiger partial charge in [0.25, 0.3) is 5.56 Å². The van der Waals surface area contributed by atoms with E-state index in [1.165, 1.54) is 24.7 Å². The predicted molar refractivity (Wildman–Crippen MR) is 117 cm³/mol. The first kappa shape index (κ1) is 30.0. The number of nitrogens with one attached hydrogen (secondary N) is 2. The number of carboxylic acid groups (broad SMARTS) is 1. The number of aryl methyl sites for hydroxylation is 3. The quantitative estimate of drug-likeness (QED) is 0.347. The minimum atomic E-state index is -1.35. The van der Waals surface area contributed by atoms with Crippen LogP contribution in [-0.2, 0) is 11.8 Å². The number of amides is 2. The predicted octanol–water partition coefficient (Wildman–Crippen LogP) is -4.25. The van der Waals surface area contributed by atoms with Crippen molar-refractivity contribution >= 4 is 17.7 Å². The SMILES string of the molecule is Cc1ccc(-c2cccc([C@H](CC(=O)[O-])NC(=O)Nc3c([O-])c(C)cn(C)c3=O)c2)cc1.[Na+].[Na+]. The number of carbonyl (C=O) groups is 2. The standard InChI is InChI=1S/C24H25N3O5.2Na/c1-14-7-9-16(10-8-14)17-5-4-6-18(11-17)19(12-20(28)29)25-24(32)26-21-22(30)15(2)13-27(3)23(21)31;;/h4-11,13,19,30H,12H2,1-3H3,(H,28,29)(H2,25,26,32);;/q;2*+1/p-2/t19-;;/m0../s1. The van der Waals surface area contributed by atoms with Gasteiger partial charge in [-0.15, -0.1) is 0 Å². The average Bonchev–Trinajstić information content (AvgIpc) is 2.75.